The van der Waals surface area contributed by atoms with Crippen LogP contribution in [0.25, 0.3) is 17.3 Å². The van der Waals surface area contributed by atoms with Crippen molar-refractivity contribution in [1.82, 2.24) is 20.1 Å². The number of aliphatic carboxylic acids is 1. The Kier molecular flexibility index (Phi) is 7.46. The first-order valence-electron chi connectivity index (χ1n) is 9.29. The summed E-state index contributed by atoms with van der Waals surface area (Å²) in [6, 6.07) is 13.2. The van der Waals surface area contributed by atoms with Gasteiger partial charge in [-0.05, 0) is 43.5 Å². The van der Waals surface area contributed by atoms with Crippen molar-refractivity contribution >= 4 is 23.6 Å². The molecular weight excluding hydrogens is 392 g/mol. The smallest absolute Gasteiger partial charge is 0.230 e. The molecule has 2 aromatic heterocycles. The van der Waals surface area contributed by atoms with E-state index in [0.717, 1.165) is 18.5 Å². The molecule has 0 spiro atoms. The van der Waals surface area contributed by atoms with Gasteiger partial charge >= 0.3 is 0 Å². The fourth-order valence-corrected chi connectivity index (χ4v) is 3.50. The number of para-hydroxylation sites is 1. The molecule has 9 heteroatoms. The average Bonchev–Trinajstić information content (AvgIpc) is 3.39. The standard InChI is InChI=1S/C20H22N4O4S/c25-17(21-12-6-2-5-11-18(26)27)14-29-20-23-22-19(16-10-7-13-28-16)24(20)15-8-3-1-4-9-15/h1,3-4,7-10,13H,2,5-6,11-12,14H2,(H,21,25)(H,26,27)/p-1. The maximum absolute atomic E-state index is 12.1. The molecule has 3 aromatic rings. The summed E-state index contributed by atoms with van der Waals surface area (Å²) in [5, 5.41) is 22.3. The minimum Gasteiger partial charge on any atom is -0.550 e. The minimum atomic E-state index is -1.04. The second-order valence-corrected chi connectivity index (χ2v) is 7.22. The van der Waals surface area contributed by atoms with Crippen molar-refractivity contribution in [2.45, 2.75) is 30.8 Å². The lowest BCUT2D eigenvalue weighted by molar-refractivity contribution is -0.305. The summed E-state index contributed by atoms with van der Waals surface area (Å²) >= 11 is 1.29. The number of carbonyl (C=O) groups excluding carboxylic acids is 2. The Hall–Kier alpha value is -3.07. The fraction of sp³-hybridized carbons (Fsp3) is 0.300. The van der Waals surface area contributed by atoms with Gasteiger partial charge in [0.15, 0.2) is 10.9 Å². The third-order valence-corrected chi connectivity index (χ3v) is 5.03. The van der Waals surface area contributed by atoms with Crippen LogP contribution >= 0.6 is 11.8 Å². The molecule has 2 heterocycles. The van der Waals surface area contributed by atoms with Gasteiger partial charge in [0.05, 0.1) is 12.0 Å². The molecule has 0 aliphatic heterocycles. The zero-order chi connectivity index (χ0) is 20.5. The molecular formula is C20H21N4O4S-. The topological polar surface area (TPSA) is 113 Å². The van der Waals surface area contributed by atoms with Crippen molar-refractivity contribution < 1.29 is 19.1 Å². The van der Waals surface area contributed by atoms with Crippen LogP contribution in [0.4, 0.5) is 0 Å². The quantitative estimate of drug-likeness (QED) is 0.378. The molecule has 0 saturated heterocycles. The number of hydrogen-bond donors (Lipinski definition) is 1. The second-order valence-electron chi connectivity index (χ2n) is 6.28. The summed E-state index contributed by atoms with van der Waals surface area (Å²) < 4.78 is 7.33. The Balaban J connectivity index is 1.58. The summed E-state index contributed by atoms with van der Waals surface area (Å²) in [6.07, 6.45) is 3.65. The largest absolute Gasteiger partial charge is 0.550 e. The SMILES string of the molecule is O=C([O-])CCCCCNC(=O)CSc1nnc(-c2ccco2)n1-c1ccccc1. The van der Waals surface area contributed by atoms with Crippen LogP contribution < -0.4 is 10.4 Å². The number of thioether (sulfide) groups is 1. The number of aromatic nitrogens is 3. The number of nitrogens with zero attached hydrogens (tertiary/aromatic N) is 3. The molecule has 29 heavy (non-hydrogen) atoms. The molecule has 1 amide bonds. The Labute approximate surface area is 172 Å². The molecule has 1 aromatic carbocycles. The number of amides is 1. The lowest BCUT2D eigenvalue weighted by Gasteiger charge is -2.09. The van der Waals surface area contributed by atoms with Crippen LogP contribution in [-0.4, -0.2) is 38.9 Å². The van der Waals surface area contributed by atoms with Gasteiger partial charge in [-0.25, -0.2) is 0 Å². The van der Waals surface area contributed by atoms with Crippen LogP contribution in [0.3, 0.4) is 0 Å². The summed E-state index contributed by atoms with van der Waals surface area (Å²) in [5.41, 5.74) is 0.875. The van der Waals surface area contributed by atoms with Gasteiger partial charge in [-0.1, -0.05) is 36.4 Å². The van der Waals surface area contributed by atoms with Crippen molar-refractivity contribution in [3.05, 3.63) is 48.7 Å². The normalized spacial score (nSPS) is 10.8. The molecule has 0 aliphatic rings. The maximum atomic E-state index is 12.1. The number of nitrogens with one attached hydrogen (secondary N) is 1. The van der Waals surface area contributed by atoms with Gasteiger partial charge in [0.25, 0.3) is 0 Å². The highest BCUT2D eigenvalue weighted by Gasteiger charge is 2.18. The van der Waals surface area contributed by atoms with Gasteiger partial charge < -0.3 is 19.6 Å². The molecule has 0 aliphatic carbocycles. The van der Waals surface area contributed by atoms with E-state index < -0.39 is 5.97 Å². The summed E-state index contributed by atoms with van der Waals surface area (Å²) in [7, 11) is 0. The monoisotopic (exact) mass is 413 g/mol. The highest BCUT2D eigenvalue weighted by atomic mass is 32.2. The Morgan fingerprint density at radius 2 is 1.90 bits per heavy atom. The molecule has 0 radical (unpaired) electrons. The van der Waals surface area contributed by atoms with Gasteiger partial charge in [-0.15, -0.1) is 10.2 Å². The zero-order valence-electron chi connectivity index (χ0n) is 15.7. The maximum Gasteiger partial charge on any atom is 0.230 e. The number of carboxylic acid groups (broad SMARTS) is 1. The van der Waals surface area contributed by atoms with E-state index in [1.807, 2.05) is 41.0 Å². The molecule has 0 fully saturated rings. The number of carboxylic acids is 1. The highest BCUT2D eigenvalue weighted by molar-refractivity contribution is 7.99. The van der Waals surface area contributed by atoms with E-state index in [2.05, 4.69) is 15.5 Å². The van der Waals surface area contributed by atoms with E-state index in [1.54, 1.807) is 12.3 Å². The average molecular weight is 413 g/mol. The predicted octanol–water partition coefficient (Wildman–Crippen LogP) is 2.05. The zero-order valence-corrected chi connectivity index (χ0v) is 16.6. The van der Waals surface area contributed by atoms with Gasteiger partial charge in [0.2, 0.25) is 11.7 Å². The fourth-order valence-electron chi connectivity index (χ4n) is 2.72. The summed E-state index contributed by atoms with van der Waals surface area (Å²) in [5.74, 6) is 0.201. The lowest BCUT2D eigenvalue weighted by Crippen LogP contribution is -2.26. The number of benzene rings is 1. The van der Waals surface area contributed by atoms with Crippen LogP contribution in [0.2, 0.25) is 0 Å². The minimum absolute atomic E-state index is 0.0525. The van der Waals surface area contributed by atoms with E-state index >= 15 is 0 Å². The van der Waals surface area contributed by atoms with Crippen molar-refractivity contribution in [3.8, 4) is 17.3 Å². The number of carbonyl (C=O) groups is 2. The van der Waals surface area contributed by atoms with E-state index in [9.17, 15) is 14.7 Å². The molecule has 0 bridgehead atoms. The molecule has 0 unspecified atom stereocenters. The molecule has 152 valence electrons. The van der Waals surface area contributed by atoms with Crippen LogP contribution in [0.5, 0.6) is 0 Å². The summed E-state index contributed by atoms with van der Waals surface area (Å²) in [6.45, 7) is 0.509. The first-order valence-corrected chi connectivity index (χ1v) is 10.3. The van der Waals surface area contributed by atoms with Crippen LogP contribution in [0, 0.1) is 0 Å². The second kappa shape index (κ2) is 10.5. The van der Waals surface area contributed by atoms with Crippen molar-refractivity contribution in [3.63, 3.8) is 0 Å². The van der Waals surface area contributed by atoms with Crippen LogP contribution in [0.1, 0.15) is 25.7 Å². The summed E-state index contributed by atoms with van der Waals surface area (Å²) in [4.78, 5) is 22.5. The number of hydrogen-bond acceptors (Lipinski definition) is 7. The molecule has 1 N–H and O–H groups in total. The van der Waals surface area contributed by atoms with Crippen molar-refractivity contribution in [2.24, 2.45) is 0 Å². The van der Waals surface area contributed by atoms with Crippen LogP contribution in [0.15, 0.2) is 58.3 Å². The predicted molar refractivity (Wildman–Crippen MR) is 106 cm³/mol. The first kappa shape index (κ1) is 20.7. The van der Waals surface area contributed by atoms with Crippen LogP contribution in [-0.2, 0) is 9.59 Å². The van der Waals surface area contributed by atoms with E-state index in [1.165, 1.54) is 11.8 Å². The lowest BCUT2D eigenvalue weighted by atomic mass is 10.2. The Bertz CT molecular complexity index is 925. The highest BCUT2D eigenvalue weighted by Crippen LogP contribution is 2.27. The Morgan fingerprint density at radius 1 is 1.07 bits per heavy atom. The van der Waals surface area contributed by atoms with Crippen molar-refractivity contribution in [2.75, 3.05) is 12.3 Å². The number of unbranched alkanes of at least 4 members (excludes halogenated alkanes) is 2. The van der Waals surface area contributed by atoms with Crippen molar-refractivity contribution in [1.29, 1.82) is 0 Å². The molecule has 0 saturated carbocycles. The number of furan rings is 1. The van der Waals surface area contributed by atoms with Gasteiger partial charge in [-0.3, -0.25) is 9.36 Å². The van der Waals surface area contributed by atoms with Gasteiger partial charge in [-0.2, -0.15) is 0 Å². The Morgan fingerprint density at radius 3 is 2.62 bits per heavy atom. The molecule has 8 nitrogen and oxygen atoms in total. The van der Waals surface area contributed by atoms with Gasteiger partial charge in [0, 0.05) is 18.2 Å². The van der Waals surface area contributed by atoms with E-state index in [4.69, 9.17) is 4.42 Å². The molecule has 0 atom stereocenters. The van der Waals surface area contributed by atoms with Gasteiger partial charge in [0.1, 0.15) is 0 Å². The molecule has 3 rings (SSSR count). The van der Waals surface area contributed by atoms with E-state index in [0.29, 0.717) is 29.7 Å². The third kappa shape index (κ3) is 5.95. The van der Waals surface area contributed by atoms with E-state index in [-0.39, 0.29) is 18.1 Å². The first-order chi connectivity index (χ1) is 14.1. The third-order valence-electron chi connectivity index (χ3n) is 4.10. The number of rotatable bonds is 11.